The van der Waals surface area contributed by atoms with Crippen LogP contribution in [0, 0.1) is 0 Å². The molecule has 0 saturated carbocycles. The molecule has 100 valence electrons. The van der Waals surface area contributed by atoms with Gasteiger partial charge in [0, 0.05) is 24.0 Å². The maximum absolute atomic E-state index is 11.6. The standard InChI is InChI=1S/C14H21ClN2O/c1-3-16-11(2)9-14(18)17-8-7-12-5-4-6-13(15)10-12/h4-6,10-11,16H,3,7-9H2,1-2H3,(H,17,18). The molecule has 18 heavy (non-hydrogen) atoms. The molecule has 0 bridgehead atoms. The van der Waals surface area contributed by atoms with E-state index in [1.165, 1.54) is 0 Å². The molecule has 2 N–H and O–H groups in total. The zero-order valence-corrected chi connectivity index (χ0v) is 11.8. The molecule has 0 aromatic heterocycles. The Morgan fingerprint density at radius 2 is 2.22 bits per heavy atom. The maximum atomic E-state index is 11.6. The first-order valence-corrected chi connectivity index (χ1v) is 6.74. The Kier molecular flexibility index (Phi) is 6.76. The number of amides is 1. The topological polar surface area (TPSA) is 41.1 Å². The molecule has 3 nitrogen and oxygen atoms in total. The third kappa shape index (κ3) is 6.03. The van der Waals surface area contributed by atoms with Gasteiger partial charge in [0.2, 0.25) is 5.91 Å². The van der Waals surface area contributed by atoms with Crippen LogP contribution in [-0.2, 0) is 11.2 Å². The van der Waals surface area contributed by atoms with Crippen molar-refractivity contribution < 1.29 is 4.79 Å². The molecule has 0 aliphatic rings. The summed E-state index contributed by atoms with van der Waals surface area (Å²) in [5.74, 6) is 0.0884. The normalized spacial score (nSPS) is 12.2. The van der Waals surface area contributed by atoms with Crippen molar-refractivity contribution in [1.29, 1.82) is 0 Å². The van der Waals surface area contributed by atoms with Gasteiger partial charge in [0.25, 0.3) is 0 Å². The highest BCUT2D eigenvalue weighted by atomic mass is 35.5. The lowest BCUT2D eigenvalue weighted by atomic mass is 10.1. The number of carbonyl (C=O) groups is 1. The molecule has 1 rings (SSSR count). The van der Waals surface area contributed by atoms with E-state index in [1.54, 1.807) is 0 Å². The minimum Gasteiger partial charge on any atom is -0.356 e. The van der Waals surface area contributed by atoms with E-state index in [0.717, 1.165) is 23.6 Å². The van der Waals surface area contributed by atoms with Crippen LogP contribution in [0.5, 0.6) is 0 Å². The first kappa shape index (κ1) is 15.0. The van der Waals surface area contributed by atoms with E-state index in [2.05, 4.69) is 10.6 Å². The van der Waals surface area contributed by atoms with Gasteiger partial charge in [0.05, 0.1) is 0 Å². The molecule has 0 spiro atoms. The maximum Gasteiger partial charge on any atom is 0.221 e. The highest BCUT2D eigenvalue weighted by Crippen LogP contribution is 2.10. The number of nitrogens with one attached hydrogen (secondary N) is 2. The summed E-state index contributed by atoms with van der Waals surface area (Å²) in [6, 6.07) is 7.93. The van der Waals surface area contributed by atoms with Crippen LogP contribution in [0.3, 0.4) is 0 Å². The monoisotopic (exact) mass is 268 g/mol. The molecule has 1 unspecified atom stereocenters. The lowest BCUT2D eigenvalue weighted by Crippen LogP contribution is -2.34. The average molecular weight is 269 g/mol. The minimum atomic E-state index is 0.0884. The van der Waals surface area contributed by atoms with Gasteiger partial charge in [0.15, 0.2) is 0 Å². The van der Waals surface area contributed by atoms with Crippen LogP contribution in [0.4, 0.5) is 0 Å². The van der Waals surface area contributed by atoms with Crippen LogP contribution in [0.1, 0.15) is 25.8 Å². The van der Waals surface area contributed by atoms with Gasteiger partial charge in [0.1, 0.15) is 0 Å². The highest BCUT2D eigenvalue weighted by molar-refractivity contribution is 6.30. The van der Waals surface area contributed by atoms with Crippen LogP contribution in [0.25, 0.3) is 0 Å². The van der Waals surface area contributed by atoms with E-state index in [0.29, 0.717) is 13.0 Å². The van der Waals surface area contributed by atoms with Crippen molar-refractivity contribution in [1.82, 2.24) is 10.6 Å². The number of benzene rings is 1. The molecule has 1 aromatic carbocycles. The van der Waals surface area contributed by atoms with Gasteiger partial charge in [-0.25, -0.2) is 0 Å². The zero-order chi connectivity index (χ0) is 13.4. The van der Waals surface area contributed by atoms with Gasteiger partial charge < -0.3 is 10.6 Å². The first-order valence-electron chi connectivity index (χ1n) is 6.36. The van der Waals surface area contributed by atoms with Crippen molar-refractivity contribution in [3.05, 3.63) is 34.9 Å². The van der Waals surface area contributed by atoms with Crippen LogP contribution in [-0.4, -0.2) is 25.0 Å². The predicted octanol–water partition coefficient (Wildman–Crippen LogP) is 2.39. The smallest absolute Gasteiger partial charge is 0.221 e. The number of hydrogen-bond acceptors (Lipinski definition) is 2. The quantitative estimate of drug-likeness (QED) is 0.797. The van der Waals surface area contributed by atoms with Gasteiger partial charge in [-0.05, 0) is 37.6 Å². The van der Waals surface area contributed by atoms with Gasteiger partial charge in [-0.15, -0.1) is 0 Å². The first-order chi connectivity index (χ1) is 8.61. The molecule has 1 amide bonds. The highest BCUT2D eigenvalue weighted by Gasteiger charge is 2.06. The lowest BCUT2D eigenvalue weighted by molar-refractivity contribution is -0.121. The SMILES string of the molecule is CCNC(C)CC(=O)NCCc1cccc(Cl)c1. The Morgan fingerprint density at radius 3 is 2.89 bits per heavy atom. The molecule has 0 fully saturated rings. The lowest BCUT2D eigenvalue weighted by Gasteiger charge is -2.12. The summed E-state index contributed by atoms with van der Waals surface area (Å²) < 4.78 is 0. The minimum absolute atomic E-state index is 0.0884. The number of carbonyl (C=O) groups excluding carboxylic acids is 1. The van der Waals surface area contributed by atoms with E-state index in [-0.39, 0.29) is 11.9 Å². The Bertz CT molecular complexity index is 382. The second-order valence-corrected chi connectivity index (χ2v) is 4.83. The van der Waals surface area contributed by atoms with Crippen molar-refractivity contribution in [2.24, 2.45) is 0 Å². The fourth-order valence-corrected chi connectivity index (χ4v) is 2.02. The second kappa shape index (κ2) is 8.11. The molecule has 0 aliphatic carbocycles. The summed E-state index contributed by atoms with van der Waals surface area (Å²) in [4.78, 5) is 11.6. The third-order valence-electron chi connectivity index (χ3n) is 2.67. The Labute approximate surface area is 114 Å². The average Bonchev–Trinajstić information content (AvgIpc) is 2.29. The van der Waals surface area contributed by atoms with Crippen LogP contribution >= 0.6 is 11.6 Å². The molecule has 0 aliphatic heterocycles. The summed E-state index contributed by atoms with van der Waals surface area (Å²) in [5, 5.41) is 6.87. The summed E-state index contributed by atoms with van der Waals surface area (Å²) in [5.41, 5.74) is 1.14. The van der Waals surface area contributed by atoms with E-state index in [1.807, 2.05) is 38.1 Å². The molecule has 4 heteroatoms. The predicted molar refractivity (Wildman–Crippen MR) is 75.9 cm³/mol. The van der Waals surface area contributed by atoms with Crippen LogP contribution < -0.4 is 10.6 Å². The van der Waals surface area contributed by atoms with E-state index in [9.17, 15) is 4.79 Å². The fraction of sp³-hybridized carbons (Fsp3) is 0.500. The van der Waals surface area contributed by atoms with E-state index < -0.39 is 0 Å². The number of halogens is 1. The van der Waals surface area contributed by atoms with Crippen molar-refractivity contribution in [3.63, 3.8) is 0 Å². The van der Waals surface area contributed by atoms with Crippen molar-refractivity contribution >= 4 is 17.5 Å². The molecular formula is C14H21ClN2O. The molecule has 1 atom stereocenters. The van der Waals surface area contributed by atoms with Crippen LogP contribution in [0.15, 0.2) is 24.3 Å². The van der Waals surface area contributed by atoms with Crippen molar-refractivity contribution in [2.75, 3.05) is 13.1 Å². The zero-order valence-electron chi connectivity index (χ0n) is 11.0. The Hall–Kier alpha value is -1.06. The van der Waals surface area contributed by atoms with Crippen molar-refractivity contribution in [3.8, 4) is 0 Å². The Balaban J connectivity index is 2.23. The summed E-state index contributed by atoms with van der Waals surface area (Å²) >= 11 is 5.89. The molecule has 0 radical (unpaired) electrons. The van der Waals surface area contributed by atoms with E-state index in [4.69, 9.17) is 11.6 Å². The Morgan fingerprint density at radius 1 is 1.44 bits per heavy atom. The van der Waals surface area contributed by atoms with Gasteiger partial charge >= 0.3 is 0 Å². The summed E-state index contributed by atoms with van der Waals surface area (Å²) in [6.07, 6.45) is 1.32. The van der Waals surface area contributed by atoms with Gasteiger partial charge in [-0.3, -0.25) is 4.79 Å². The molecular weight excluding hydrogens is 248 g/mol. The number of hydrogen-bond donors (Lipinski definition) is 2. The number of rotatable bonds is 7. The van der Waals surface area contributed by atoms with Gasteiger partial charge in [-0.1, -0.05) is 30.7 Å². The third-order valence-corrected chi connectivity index (χ3v) is 2.90. The van der Waals surface area contributed by atoms with Crippen molar-refractivity contribution in [2.45, 2.75) is 32.7 Å². The fourth-order valence-electron chi connectivity index (χ4n) is 1.81. The largest absolute Gasteiger partial charge is 0.356 e. The van der Waals surface area contributed by atoms with Crippen LogP contribution in [0.2, 0.25) is 5.02 Å². The second-order valence-electron chi connectivity index (χ2n) is 4.39. The van der Waals surface area contributed by atoms with Gasteiger partial charge in [-0.2, -0.15) is 0 Å². The van der Waals surface area contributed by atoms with E-state index >= 15 is 0 Å². The molecule has 0 saturated heterocycles. The summed E-state index contributed by atoms with van der Waals surface area (Å²) in [7, 11) is 0. The summed E-state index contributed by atoms with van der Waals surface area (Å²) in [6.45, 7) is 5.59. The molecule has 0 heterocycles. The molecule has 1 aromatic rings.